The van der Waals surface area contributed by atoms with Crippen LogP contribution in [0.1, 0.15) is 32.3 Å². The third kappa shape index (κ3) is 4.55. The largest absolute Gasteiger partial charge is 0.371 e. The van der Waals surface area contributed by atoms with Crippen LogP contribution in [0.3, 0.4) is 0 Å². The highest BCUT2D eigenvalue weighted by Gasteiger charge is 2.47. The molecule has 2 rings (SSSR count). The van der Waals surface area contributed by atoms with Crippen LogP contribution < -0.4 is 5.73 Å². The van der Waals surface area contributed by atoms with Gasteiger partial charge in [0.15, 0.2) is 2.88 Å². The lowest BCUT2D eigenvalue weighted by molar-refractivity contribution is -0.145. The van der Waals surface area contributed by atoms with Gasteiger partial charge in [-0.05, 0) is 66.1 Å². The van der Waals surface area contributed by atoms with Crippen LogP contribution in [0.2, 0.25) is 0 Å². The molecule has 0 saturated heterocycles. The van der Waals surface area contributed by atoms with E-state index < -0.39 is 20.6 Å². The number of nitrogens with two attached hydrogens (primary N) is 1. The van der Waals surface area contributed by atoms with Gasteiger partial charge in [-0.3, -0.25) is 4.79 Å². The molecule has 1 heterocycles. The Morgan fingerprint density at radius 2 is 2.15 bits per heavy atom. The van der Waals surface area contributed by atoms with Gasteiger partial charge in [-0.2, -0.15) is 5.10 Å². The molecule has 2 atom stereocenters. The molecule has 0 spiro atoms. The molecule has 0 aliphatic carbocycles. The Bertz CT molecular complexity index is 705. The van der Waals surface area contributed by atoms with Gasteiger partial charge >= 0.3 is 0 Å². The Hall–Kier alpha value is -0.780. The fraction of sp³-hybridized carbons (Fsp3) is 0.529. The van der Waals surface area contributed by atoms with Crippen LogP contribution in [-0.2, 0) is 9.53 Å². The van der Waals surface area contributed by atoms with Crippen LogP contribution in [-0.4, -0.2) is 38.6 Å². The second-order valence-electron chi connectivity index (χ2n) is 6.26. The molecule has 0 radical (unpaired) electrons. The van der Waals surface area contributed by atoms with E-state index in [1.165, 1.54) is 23.9 Å². The topological polar surface area (TPSA) is 67.9 Å². The number of hydrazone groups is 1. The van der Waals surface area contributed by atoms with Gasteiger partial charge in [0.1, 0.15) is 22.8 Å². The van der Waals surface area contributed by atoms with E-state index in [0.717, 1.165) is 18.2 Å². The minimum absolute atomic E-state index is 0.0394. The van der Waals surface area contributed by atoms with Gasteiger partial charge in [0.25, 0.3) is 5.91 Å². The van der Waals surface area contributed by atoms with Crippen molar-refractivity contribution in [2.45, 2.75) is 35.7 Å². The first-order chi connectivity index (χ1) is 12.2. The molecule has 2 N–H and O–H groups in total. The maximum atomic E-state index is 14.2. The molecule has 1 aromatic carbocycles. The summed E-state index contributed by atoms with van der Waals surface area (Å²) in [6.07, 6.45) is 0.537. The Kier molecular flexibility index (Phi) is 7.40. The highest BCUT2D eigenvalue weighted by Crippen LogP contribution is 2.48. The van der Waals surface area contributed by atoms with Crippen LogP contribution in [0.25, 0.3) is 0 Å². The molecule has 0 unspecified atom stereocenters. The molecule has 0 aromatic heterocycles. The monoisotopic (exact) mass is 497 g/mol. The zero-order valence-electron chi connectivity index (χ0n) is 14.8. The lowest BCUT2D eigenvalue weighted by Crippen LogP contribution is -2.46. The number of alkyl halides is 1. The normalized spacial score (nSPS) is 21.2. The molecule has 144 valence electrons. The first-order valence-corrected chi connectivity index (χ1v) is 10.1. The van der Waals surface area contributed by atoms with Crippen molar-refractivity contribution >= 4 is 45.3 Å². The Balaban J connectivity index is 2.43. The number of hydrogen-bond donors (Lipinski definition) is 1. The molecule has 1 aromatic rings. The number of ether oxygens (including phenoxy) is 1. The summed E-state index contributed by atoms with van der Waals surface area (Å²) in [7, 11) is 1.47. The fourth-order valence-corrected chi connectivity index (χ4v) is 5.12. The molecule has 0 saturated carbocycles. The van der Waals surface area contributed by atoms with Crippen molar-refractivity contribution in [1.29, 1.82) is 0 Å². The first-order valence-electron chi connectivity index (χ1n) is 8.22. The maximum Gasteiger partial charge on any atom is 0.274 e. The molecular weight excluding hydrogens is 475 g/mol. The van der Waals surface area contributed by atoms with Gasteiger partial charge in [0.05, 0.1) is 0 Å². The second kappa shape index (κ2) is 8.94. The lowest BCUT2D eigenvalue weighted by Gasteiger charge is -2.32. The molecule has 9 heteroatoms. The third-order valence-corrected chi connectivity index (χ3v) is 6.76. The standard InChI is InChI=1S/C17H22F2IN3O2S/c1-10(2)14(25-3)16(24)23-17(20,7-4-8-21)26-15(22-23)12-9-11(18)5-6-13(12)19/h5-6,9-10,14H,4,7-8,21H2,1-3H3/t14-,17-/m0/s1. The summed E-state index contributed by atoms with van der Waals surface area (Å²) in [5.74, 6) is -1.52. The fourth-order valence-electron chi connectivity index (χ4n) is 2.62. The summed E-state index contributed by atoms with van der Waals surface area (Å²) in [6.45, 7) is 4.21. The number of carbonyl (C=O) groups is 1. The summed E-state index contributed by atoms with van der Waals surface area (Å²) < 4.78 is 32.4. The van der Waals surface area contributed by atoms with Gasteiger partial charge in [0.2, 0.25) is 0 Å². The van der Waals surface area contributed by atoms with E-state index in [1.807, 2.05) is 13.8 Å². The number of nitrogens with zero attached hydrogens (tertiary/aromatic N) is 2. The van der Waals surface area contributed by atoms with Gasteiger partial charge in [-0.25, -0.2) is 13.8 Å². The molecule has 1 aliphatic rings. The summed E-state index contributed by atoms with van der Waals surface area (Å²) in [5.41, 5.74) is 5.66. The predicted molar refractivity (Wildman–Crippen MR) is 108 cm³/mol. The average Bonchev–Trinajstić information content (AvgIpc) is 2.93. The quantitative estimate of drug-likeness (QED) is 0.355. The van der Waals surface area contributed by atoms with Gasteiger partial charge in [-0.1, -0.05) is 25.6 Å². The second-order valence-corrected chi connectivity index (χ2v) is 10.0. The van der Waals surface area contributed by atoms with Crippen LogP contribution >= 0.6 is 34.4 Å². The first kappa shape index (κ1) is 21.5. The summed E-state index contributed by atoms with van der Waals surface area (Å²) in [6, 6.07) is 3.19. The highest BCUT2D eigenvalue weighted by atomic mass is 127. The van der Waals surface area contributed by atoms with Crippen molar-refractivity contribution in [2.24, 2.45) is 16.8 Å². The minimum atomic E-state index is -0.770. The molecule has 26 heavy (non-hydrogen) atoms. The maximum absolute atomic E-state index is 14.2. The number of methoxy groups -OCH3 is 1. The van der Waals surface area contributed by atoms with Crippen LogP contribution in [0.5, 0.6) is 0 Å². The Morgan fingerprint density at radius 3 is 2.73 bits per heavy atom. The van der Waals surface area contributed by atoms with Gasteiger partial charge in [-0.15, -0.1) is 0 Å². The number of benzene rings is 1. The zero-order chi connectivity index (χ0) is 19.5. The van der Waals surface area contributed by atoms with Crippen molar-refractivity contribution in [3.05, 3.63) is 35.4 Å². The number of thioether (sulfide) groups is 1. The van der Waals surface area contributed by atoms with Crippen molar-refractivity contribution < 1.29 is 18.3 Å². The Morgan fingerprint density at radius 1 is 1.46 bits per heavy atom. The highest BCUT2D eigenvalue weighted by molar-refractivity contribution is 14.1. The van der Waals surface area contributed by atoms with Crippen LogP contribution in [0.15, 0.2) is 23.3 Å². The number of hydrogen-bond acceptors (Lipinski definition) is 5. The molecule has 1 amide bonds. The van der Waals surface area contributed by atoms with Crippen molar-refractivity contribution in [3.8, 4) is 0 Å². The van der Waals surface area contributed by atoms with E-state index >= 15 is 0 Å². The minimum Gasteiger partial charge on any atom is -0.371 e. The van der Waals surface area contributed by atoms with E-state index in [-0.39, 0.29) is 22.4 Å². The molecule has 0 fully saturated rings. The molecule has 1 aliphatic heterocycles. The van der Waals surface area contributed by atoms with Crippen molar-refractivity contribution in [3.63, 3.8) is 0 Å². The number of halogens is 3. The number of rotatable bonds is 7. The van der Waals surface area contributed by atoms with Gasteiger partial charge in [0, 0.05) is 12.7 Å². The third-order valence-electron chi connectivity index (χ3n) is 3.92. The van der Waals surface area contributed by atoms with Crippen molar-refractivity contribution in [2.75, 3.05) is 13.7 Å². The van der Waals surface area contributed by atoms with Crippen LogP contribution in [0.4, 0.5) is 8.78 Å². The molecule has 5 nitrogen and oxygen atoms in total. The summed E-state index contributed by atoms with van der Waals surface area (Å²) >= 11 is 3.36. The SMILES string of the molecule is CO[C@H](C(=O)N1N=C(c2cc(F)ccc2F)S[C@]1(I)CCCN)C(C)C. The predicted octanol–water partition coefficient (Wildman–Crippen LogP) is 3.70. The van der Waals surface area contributed by atoms with E-state index in [1.54, 1.807) is 0 Å². The zero-order valence-corrected chi connectivity index (χ0v) is 17.8. The van der Waals surface area contributed by atoms with E-state index in [0.29, 0.717) is 19.4 Å². The number of carbonyl (C=O) groups excluding carboxylic acids is 1. The lowest BCUT2D eigenvalue weighted by atomic mass is 10.1. The number of amides is 1. The van der Waals surface area contributed by atoms with Gasteiger partial charge < -0.3 is 10.5 Å². The van der Waals surface area contributed by atoms with E-state index in [4.69, 9.17) is 10.5 Å². The van der Waals surface area contributed by atoms with E-state index in [2.05, 4.69) is 27.7 Å². The van der Waals surface area contributed by atoms with Crippen LogP contribution in [0, 0.1) is 17.6 Å². The summed E-state index contributed by atoms with van der Waals surface area (Å²) in [5, 5.41) is 5.95. The molecular formula is C17H22F2IN3O2S. The van der Waals surface area contributed by atoms with Crippen molar-refractivity contribution in [1.82, 2.24) is 5.01 Å². The molecule has 0 bridgehead atoms. The summed E-state index contributed by atoms with van der Waals surface area (Å²) in [4.78, 5) is 13.0. The van der Waals surface area contributed by atoms with E-state index in [9.17, 15) is 13.6 Å². The average molecular weight is 497 g/mol. The smallest absolute Gasteiger partial charge is 0.274 e. The Labute approximate surface area is 169 Å².